The Labute approximate surface area is 144 Å². The molecule has 2 amide bonds. The first-order valence-corrected chi connectivity index (χ1v) is 7.76. The number of nitrogens with zero attached hydrogens (tertiary/aromatic N) is 2. The van der Waals surface area contributed by atoms with Crippen molar-refractivity contribution in [2.75, 3.05) is 7.05 Å². The lowest BCUT2D eigenvalue weighted by molar-refractivity contribution is 0.186. The van der Waals surface area contributed by atoms with Gasteiger partial charge in [0.25, 0.3) is 0 Å². The Hall–Kier alpha value is -2.94. The minimum atomic E-state index is -0.605. The summed E-state index contributed by atoms with van der Waals surface area (Å²) in [5.74, 6) is 4.77. The van der Waals surface area contributed by atoms with Crippen molar-refractivity contribution < 1.29 is 13.6 Å². The number of halogens is 2. The molecule has 3 rings (SSSR count). The third-order valence-corrected chi connectivity index (χ3v) is 4.48. The van der Waals surface area contributed by atoms with Crippen LogP contribution in [-0.4, -0.2) is 28.5 Å². The second-order valence-electron chi connectivity index (χ2n) is 6.44. The lowest BCUT2D eigenvalue weighted by Crippen LogP contribution is -2.40. The van der Waals surface area contributed by atoms with Crippen LogP contribution in [0.1, 0.15) is 36.7 Å². The summed E-state index contributed by atoms with van der Waals surface area (Å²) in [5.41, 5.74) is 0.597. The van der Waals surface area contributed by atoms with Crippen LogP contribution in [0.4, 0.5) is 13.6 Å². The first-order valence-electron chi connectivity index (χ1n) is 7.76. The van der Waals surface area contributed by atoms with Gasteiger partial charge >= 0.3 is 6.03 Å². The van der Waals surface area contributed by atoms with Crippen LogP contribution in [0.15, 0.2) is 36.5 Å². The van der Waals surface area contributed by atoms with E-state index < -0.39 is 17.4 Å². The minimum Gasteiger partial charge on any atom is -0.327 e. The van der Waals surface area contributed by atoms with Crippen LogP contribution in [0.25, 0.3) is 0 Å². The predicted octanol–water partition coefficient (Wildman–Crippen LogP) is 3.23. The van der Waals surface area contributed by atoms with Gasteiger partial charge in [0.15, 0.2) is 0 Å². The van der Waals surface area contributed by atoms with Crippen LogP contribution in [0, 0.1) is 23.5 Å². The molecule has 25 heavy (non-hydrogen) atoms. The fourth-order valence-electron chi connectivity index (χ4n) is 2.66. The summed E-state index contributed by atoms with van der Waals surface area (Å²) in [5, 5.41) is 2.75. The summed E-state index contributed by atoms with van der Waals surface area (Å²) < 4.78 is 27.4. The van der Waals surface area contributed by atoms with Crippen molar-refractivity contribution >= 4 is 6.03 Å². The van der Waals surface area contributed by atoms with Crippen LogP contribution < -0.4 is 5.32 Å². The third-order valence-electron chi connectivity index (χ3n) is 4.48. The smallest absolute Gasteiger partial charge is 0.318 e. The largest absolute Gasteiger partial charge is 0.327 e. The van der Waals surface area contributed by atoms with Crippen molar-refractivity contribution in [2.24, 2.45) is 0 Å². The Morgan fingerprint density at radius 3 is 2.36 bits per heavy atom. The monoisotopic (exact) mass is 341 g/mol. The molecule has 0 spiro atoms. The van der Waals surface area contributed by atoms with E-state index in [9.17, 15) is 13.6 Å². The highest BCUT2D eigenvalue weighted by atomic mass is 19.1. The number of pyridine rings is 1. The molecule has 1 aromatic carbocycles. The first-order chi connectivity index (χ1) is 11.8. The second kappa shape index (κ2) is 6.17. The maximum Gasteiger partial charge on any atom is 0.318 e. The molecule has 1 unspecified atom stereocenters. The van der Waals surface area contributed by atoms with Crippen molar-refractivity contribution in [2.45, 2.75) is 25.4 Å². The fraction of sp³-hybridized carbons (Fsp3) is 0.263. The highest BCUT2D eigenvalue weighted by molar-refractivity contribution is 5.78. The van der Waals surface area contributed by atoms with Crippen LogP contribution in [0.3, 0.4) is 0 Å². The van der Waals surface area contributed by atoms with Gasteiger partial charge in [-0.25, -0.2) is 13.6 Å². The minimum absolute atomic E-state index is 0.176. The van der Waals surface area contributed by atoms with Gasteiger partial charge in [-0.05, 0) is 44.2 Å². The number of aromatic nitrogens is 1. The van der Waals surface area contributed by atoms with E-state index >= 15 is 0 Å². The maximum atomic E-state index is 14.5. The zero-order valence-corrected chi connectivity index (χ0v) is 14.1. The summed E-state index contributed by atoms with van der Waals surface area (Å²) in [6.07, 6.45) is 1.47. The van der Waals surface area contributed by atoms with E-state index in [1.807, 2.05) is 13.8 Å². The summed E-state index contributed by atoms with van der Waals surface area (Å²) in [4.78, 5) is 17.6. The van der Waals surface area contributed by atoms with Gasteiger partial charge in [-0.1, -0.05) is 11.8 Å². The molecule has 128 valence electrons. The molecule has 1 aliphatic rings. The molecule has 6 heteroatoms. The number of likely N-dealkylation sites (N-methyl/N-ethyl adjacent to an activating group) is 1. The van der Waals surface area contributed by atoms with E-state index in [-0.39, 0.29) is 17.5 Å². The molecule has 1 aliphatic heterocycles. The number of hydrogen-bond acceptors (Lipinski definition) is 2. The molecule has 0 bridgehead atoms. The Morgan fingerprint density at radius 2 is 1.80 bits per heavy atom. The molecule has 1 aromatic heterocycles. The van der Waals surface area contributed by atoms with Crippen molar-refractivity contribution in [1.82, 2.24) is 15.2 Å². The molecule has 0 saturated carbocycles. The number of carbonyl (C=O) groups excluding carboxylic acids is 1. The lowest BCUT2D eigenvalue weighted by atomic mass is 9.92. The third kappa shape index (κ3) is 3.18. The SMILES string of the molecule is CN1C(=O)NC(c2ncc(C#Cc3ccc(F)cc3)cc2F)C1(C)C. The first kappa shape index (κ1) is 16.9. The van der Waals surface area contributed by atoms with Gasteiger partial charge in [0, 0.05) is 24.4 Å². The zero-order valence-electron chi connectivity index (χ0n) is 14.1. The Kier molecular flexibility index (Phi) is 4.17. The topological polar surface area (TPSA) is 45.2 Å². The molecule has 2 heterocycles. The average Bonchev–Trinajstić information content (AvgIpc) is 2.77. The Balaban J connectivity index is 1.87. The van der Waals surface area contributed by atoms with Gasteiger partial charge in [0.2, 0.25) is 0 Å². The number of urea groups is 1. The molecular weight excluding hydrogens is 324 g/mol. The number of nitrogens with one attached hydrogen (secondary N) is 1. The summed E-state index contributed by atoms with van der Waals surface area (Å²) >= 11 is 0. The van der Waals surface area contributed by atoms with E-state index in [1.54, 1.807) is 19.2 Å². The van der Waals surface area contributed by atoms with E-state index in [0.29, 0.717) is 11.1 Å². The fourth-order valence-corrected chi connectivity index (χ4v) is 2.66. The number of rotatable bonds is 1. The number of hydrogen-bond donors (Lipinski definition) is 1. The molecule has 1 fully saturated rings. The van der Waals surface area contributed by atoms with Gasteiger partial charge in [-0.3, -0.25) is 4.98 Å². The van der Waals surface area contributed by atoms with Gasteiger partial charge in [0.05, 0.1) is 11.6 Å². The molecule has 1 saturated heterocycles. The summed E-state index contributed by atoms with van der Waals surface area (Å²) in [6.45, 7) is 3.69. The predicted molar refractivity (Wildman–Crippen MR) is 89.7 cm³/mol. The molecule has 0 radical (unpaired) electrons. The Morgan fingerprint density at radius 1 is 1.16 bits per heavy atom. The zero-order chi connectivity index (χ0) is 18.2. The van der Waals surface area contributed by atoms with Gasteiger partial charge < -0.3 is 10.2 Å². The molecule has 1 atom stereocenters. The van der Waals surface area contributed by atoms with Gasteiger partial charge in [-0.2, -0.15) is 0 Å². The molecule has 2 aromatic rings. The molecular formula is C19H17F2N3O. The van der Waals surface area contributed by atoms with E-state index in [0.717, 1.165) is 0 Å². The van der Waals surface area contributed by atoms with Crippen LogP contribution in [0.2, 0.25) is 0 Å². The quantitative estimate of drug-likeness (QED) is 0.810. The van der Waals surface area contributed by atoms with Gasteiger partial charge in [0.1, 0.15) is 17.3 Å². The normalized spacial score (nSPS) is 18.5. The van der Waals surface area contributed by atoms with E-state index in [1.165, 1.54) is 29.3 Å². The van der Waals surface area contributed by atoms with Crippen molar-refractivity contribution in [3.05, 3.63) is 65.0 Å². The number of amides is 2. The standard InChI is InChI=1S/C19H17F2N3O/c1-19(2)17(23-18(25)24(19)3)16-15(21)10-13(11-22-16)5-4-12-6-8-14(20)9-7-12/h6-11,17H,1-3H3,(H,23,25). The lowest BCUT2D eigenvalue weighted by Gasteiger charge is -2.31. The highest BCUT2D eigenvalue weighted by Gasteiger charge is 2.46. The average molecular weight is 341 g/mol. The highest BCUT2D eigenvalue weighted by Crippen LogP contribution is 2.35. The second-order valence-corrected chi connectivity index (χ2v) is 6.44. The van der Waals surface area contributed by atoms with Crippen molar-refractivity contribution in [1.29, 1.82) is 0 Å². The summed E-state index contributed by atoms with van der Waals surface area (Å²) in [6, 6.07) is 6.19. The van der Waals surface area contributed by atoms with Crippen LogP contribution in [-0.2, 0) is 0 Å². The maximum absolute atomic E-state index is 14.5. The Bertz CT molecular complexity index is 882. The molecule has 4 nitrogen and oxygen atoms in total. The number of carbonyl (C=O) groups is 1. The van der Waals surface area contributed by atoms with Gasteiger partial charge in [-0.15, -0.1) is 0 Å². The van der Waals surface area contributed by atoms with Crippen LogP contribution in [0.5, 0.6) is 0 Å². The van der Waals surface area contributed by atoms with Crippen LogP contribution >= 0.6 is 0 Å². The van der Waals surface area contributed by atoms with E-state index in [4.69, 9.17) is 0 Å². The van der Waals surface area contributed by atoms with Crippen molar-refractivity contribution in [3.63, 3.8) is 0 Å². The van der Waals surface area contributed by atoms with E-state index in [2.05, 4.69) is 22.1 Å². The molecule has 0 aliphatic carbocycles. The van der Waals surface area contributed by atoms with Crippen molar-refractivity contribution in [3.8, 4) is 11.8 Å². The summed E-state index contributed by atoms with van der Waals surface area (Å²) in [7, 11) is 1.66. The molecule has 1 N–H and O–H groups in total. The number of benzene rings is 1.